The molecule has 4 nitrogen and oxygen atoms in total. The van der Waals surface area contributed by atoms with Crippen molar-refractivity contribution in [1.82, 2.24) is 9.80 Å². The zero-order chi connectivity index (χ0) is 15.0. The normalized spacial score (nSPS) is 23.4. The van der Waals surface area contributed by atoms with Crippen LogP contribution in [0.15, 0.2) is 24.3 Å². The molecular weight excluding hydrogens is 264 g/mol. The third kappa shape index (κ3) is 2.55. The number of hydrogen-bond acceptors (Lipinski definition) is 2. The molecule has 0 N–H and O–H groups in total. The van der Waals surface area contributed by atoms with E-state index in [1.165, 1.54) is 16.0 Å². The van der Waals surface area contributed by atoms with Crippen molar-refractivity contribution in [3.05, 3.63) is 35.4 Å². The van der Waals surface area contributed by atoms with Gasteiger partial charge in [0.05, 0.1) is 0 Å². The highest BCUT2D eigenvalue weighted by molar-refractivity contribution is 6.04. The largest absolute Gasteiger partial charge is 0.327 e. The molecule has 1 aromatic carbocycles. The van der Waals surface area contributed by atoms with Crippen LogP contribution in [0.1, 0.15) is 43.2 Å². The number of aryl methyl sites for hydroxylation is 1. The molecule has 3 rings (SSSR count). The Hall–Kier alpha value is -1.84. The molecule has 0 saturated carbocycles. The number of piperidine rings is 1. The molecule has 0 bridgehead atoms. The van der Waals surface area contributed by atoms with Crippen LogP contribution in [0, 0.1) is 6.92 Å². The van der Waals surface area contributed by atoms with E-state index < -0.39 is 0 Å². The molecular formula is C17H22N2O2. The first-order valence-corrected chi connectivity index (χ1v) is 7.76. The number of rotatable bonds is 3. The molecule has 0 aromatic heterocycles. The van der Waals surface area contributed by atoms with Gasteiger partial charge in [-0.05, 0) is 37.7 Å². The second-order valence-electron chi connectivity index (χ2n) is 6.25. The second-order valence-corrected chi connectivity index (χ2v) is 6.25. The molecule has 0 spiro atoms. The van der Waals surface area contributed by atoms with Gasteiger partial charge >= 0.3 is 6.03 Å². The Bertz CT molecular complexity index is 528. The van der Waals surface area contributed by atoms with E-state index in [9.17, 15) is 9.59 Å². The minimum absolute atomic E-state index is 0.00124. The van der Waals surface area contributed by atoms with Crippen LogP contribution in [0.4, 0.5) is 4.79 Å². The van der Waals surface area contributed by atoms with Gasteiger partial charge in [-0.1, -0.05) is 36.8 Å². The van der Waals surface area contributed by atoms with Crippen LogP contribution in [-0.4, -0.2) is 40.9 Å². The summed E-state index contributed by atoms with van der Waals surface area (Å²) in [6.07, 6.45) is 2.87. The lowest BCUT2D eigenvalue weighted by molar-refractivity contribution is -0.129. The number of hydrogen-bond donors (Lipinski definition) is 0. The lowest BCUT2D eigenvalue weighted by Crippen LogP contribution is -2.39. The van der Waals surface area contributed by atoms with Crippen LogP contribution >= 0.6 is 0 Å². The fourth-order valence-corrected chi connectivity index (χ4v) is 3.29. The molecule has 2 heterocycles. The van der Waals surface area contributed by atoms with Crippen molar-refractivity contribution >= 4 is 11.9 Å². The number of fused-ring (bicyclic) bond motifs is 1. The number of carbonyl (C=O) groups excluding carboxylic acids is 2. The smallest absolute Gasteiger partial charge is 0.312 e. The molecule has 2 aliphatic rings. The number of amides is 3. The van der Waals surface area contributed by atoms with Crippen LogP contribution < -0.4 is 0 Å². The van der Waals surface area contributed by atoms with Crippen molar-refractivity contribution in [1.29, 1.82) is 0 Å². The van der Waals surface area contributed by atoms with Crippen molar-refractivity contribution in [3.8, 4) is 0 Å². The third-order valence-corrected chi connectivity index (χ3v) is 4.63. The van der Waals surface area contributed by atoms with Crippen molar-refractivity contribution in [2.75, 3.05) is 13.1 Å². The van der Waals surface area contributed by atoms with Crippen molar-refractivity contribution in [2.45, 2.75) is 45.1 Å². The maximum absolute atomic E-state index is 12.4. The van der Waals surface area contributed by atoms with Crippen LogP contribution in [-0.2, 0) is 4.79 Å². The lowest BCUT2D eigenvalue weighted by Gasteiger charge is -2.26. The number of nitrogens with zero attached hydrogens (tertiary/aromatic N) is 2. The maximum atomic E-state index is 12.4. The summed E-state index contributed by atoms with van der Waals surface area (Å²) < 4.78 is 0. The molecule has 21 heavy (non-hydrogen) atoms. The summed E-state index contributed by atoms with van der Waals surface area (Å²) in [5.41, 5.74) is 2.39. The second kappa shape index (κ2) is 5.51. The highest BCUT2D eigenvalue weighted by atomic mass is 16.2. The predicted molar refractivity (Wildman–Crippen MR) is 81.0 cm³/mol. The van der Waals surface area contributed by atoms with Crippen LogP contribution in [0.2, 0.25) is 0 Å². The van der Waals surface area contributed by atoms with Crippen LogP contribution in [0.5, 0.6) is 0 Å². The Morgan fingerprint density at radius 3 is 2.57 bits per heavy atom. The molecule has 2 saturated heterocycles. The van der Waals surface area contributed by atoms with E-state index in [1.54, 1.807) is 4.90 Å². The fourth-order valence-electron chi connectivity index (χ4n) is 3.29. The standard InChI is InChI=1S/C17H22N2O2/c1-12-6-8-14(9-7-12)13(2)11-19-16(20)15-5-3-4-10-18(15)17(19)21/h6-9,13,15H,3-5,10-11H2,1-2H3/t13-,15+/m0/s1. The molecule has 1 aromatic rings. The first-order valence-electron chi connectivity index (χ1n) is 7.76. The maximum Gasteiger partial charge on any atom is 0.327 e. The summed E-state index contributed by atoms with van der Waals surface area (Å²) in [7, 11) is 0. The summed E-state index contributed by atoms with van der Waals surface area (Å²) in [5, 5.41) is 0. The molecule has 2 aliphatic heterocycles. The van der Waals surface area contributed by atoms with Crippen LogP contribution in [0.3, 0.4) is 0 Å². The van der Waals surface area contributed by atoms with Gasteiger partial charge in [-0.3, -0.25) is 9.69 Å². The monoisotopic (exact) mass is 286 g/mol. The number of carbonyl (C=O) groups is 2. The van der Waals surface area contributed by atoms with E-state index >= 15 is 0 Å². The van der Waals surface area contributed by atoms with Crippen molar-refractivity contribution < 1.29 is 9.59 Å². The zero-order valence-electron chi connectivity index (χ0n) is 12.7. The van der Waals surface area contributed by atoms with Crippen LogP contribution in [0.25, 0.3) is 0 Å². The summed E-state index contributed by atoms with van der Waals surface area (Å²) in [6, 6.07) is 8.02. The van der Waals surface area contributed by atoms with Gasteiger partial charge in [-0.2, -0.15) is 0 Å². The molecule has 112 valence electrons. The lowest BCUT2D eigenvalue weighted by atomic mass is 9.99. The van der Waals surface area contributed by atoms with Crippen molar-refractivity contribution in [3.63, 3.8) is 0 Å². The Balaban J connectivity index is 1.73. The van der Waals surface area contributed by atoms with E-state index in [4.69, 9.17) is 0 Å². The molecule has 0 radical (unpaired) electrons. The Morgan fingerprint density at radius 2 is 1.90 bits per heavy atom. The van der Waals surface area contributed by atoms with Gasteiger partial charge in [-0.15, -0.1) is 0 Å². The highest BCUT2D eigenvalue weighted by Crippen LogP contribution is 2.28. The van der Waals surface area contributed by atoms with E-state index in [1.807, 2.05) is 0 Å². The quantitative estimate of drug-likeness (QED) is 0.802. The van der Waals surface area contributed by atoms with Gasteiger partial charge in [0.2, 0.25) is 0 Å². The molecule has 2 atom stereocenters. The molecule has 0 unspecified atom stereocenters. The topological polar surface area (TPSA) is 40.6 Å². The first-order chi connectivity index (χ1) is 10.1. The molecule has 0 aliphatic carbocycles. The predicted octanol–water partition coefficient (Wildman–Crippen LogP) is 2.92. The summed E-state index contributed by atoms with van der Waals surface area (Å²) in [4.78, 5) is 28.1. The third-order valence-electron chi connectivity index (χ3n) is 4.63. The average Bonchev–Trinajstić information content (AvgIpc) is 2.73. The number of imide groups is 1. The summed E-state index contributed by atoms with van der Waals surface area (Å²) in [5.74, 6) is 0.165. The Kier molecular flexibility index (Phi) is 3.70. The minimum atomic E-state index is -0.198. The van der Waals surface area contributed by atoms with Gasteiger partial charge in [0, 0.05) is 13.1 Å². The highest BCUT2D eigenvalue weighted by Gasteiger charge is 2.45. The van der Waals surface area contributed by atoms with E-state index in [0.29, 0.717) is 6.54 Å². The number of benzene rings is 1. The Morgan fingerprint density at radius 1 is 1.19 bits per heavy atom. The van der Waals surface area contributed by atoms with Crippen molar-refractivity contribution in [2.24, 2.45) is 0 Å². The van der Waals surface area contributed by atoms with E-state index in [2.05, 4.69) is 38.1 Å². The molecule has 4 heteroatoms. The van der Waals surface area contributed by atoms with Gasteiger partial charge < -0.3 is 4.90 Å². The Labute approximate surface area is 125 Å². The first kappa shape index (κ1) is 14.1. The van der Waals surface area contributed by atoms with Gasteiger partial charge in [0.25, 0.3) is 5.91 Å². The summed E-state index contributed by atoms with van der Waals surface area (Å²) in [6.45, 7) is 5.33. The van der Waals surface area contributed by atoms with Gasteiger partial charge in [0.1, 0.15) is 6.04 Å². The van der Waals surface area contributed by atoms with Gasteiger partial charge in [0.15, 0.2) is 0 Å². The van der Waals surface area contributed by atoms with E-state index in [-0.39, 0.29) is 23.9 Å². The average molecular weight is 286 g/mol. The molecule has 2 fully saturated rings. The minimum Gasteiger partial charge on any atom is -0.312 e. The SMILES string of the molecule is Cc1ccc([C@@H](C)CN2C(=O)[C@H]3CCCCN3C2=O)cc1. The summed E-state index contributed by atoms with van der Waals surface area (Å²) >= 11 is 0. The van der Waals surface area contributed by atoms with Gasteiger partial charge in [-0.25, -0.2) is 4.79 Å². The fraction of sp³-hybridized carbons (Fsp3) is 0.529. The zero-order valence-corrected chi connectivity index (χ0v) is 12.7. The molecule has 3 amide bonds. The van der Waals surface area contributed by atoms with E-state index in [0.717, 1.165) is 25.8 Å². The number of urea groups is 1.